The van der Waals surface area contributed by atoms with Crippen LogP contribution in [-0.4, -0.2) is 8.42 Å². The highest BCUT2D eigenvalue weighted by atomic mass is 32.2. The summed E-state index contributed by atoms with van der Waals surface area (Å²) in [4.78, 5) is 0.177. The number of hydrogen-bond acceptors (Lipinski definition) is 2. The lowest BCUT2D eigenvalue weighted by Gasteiger charge is -2.10. The average Bonchev–Trinajstić information content (AvgIpc) is 2.61. The molecule has 0 saturated heterocycles. The van der Waals surface area contributed by atoms with Gasteiger partial charge >= 0.3 is 0 Å². The summed E-state index contributed by atoms with van der Waals surface area (Å²) in [6.07, 6.45) is 0. The van der Waals surface area contributed by atoms with E-state index in [2.05, 4.69) is 16.6 Å². The fourth-order valence-electron chi connectivity index (χ4n) is 2.31. The molecule has 0 aliphatic heterocycles. The molecule has 26 heavy (non-hydrogen) atoms. The highest BCUT2D eigenvalue weighted by Gasteiger charge is 2.15. The zero-order chi connectivity index (χ0) is 18.6. The van der Waals surface area contributed by atoms with Gasteiger partial charge in [-0.2, -0.15) is 0 Å². The smallest absolute Gasteiger partial charge is 0.261 e. The minimum absolute atomic E-state index is 0.177. The van der Waals surface area contributed by atoms with Crippen molar-refractivity contribution in [1.82, 2.24) is 0 Å². The fourth-order valence-corrected chi connectivity index (χ4v) is 3.39. The summed E-state index contributed by atoms with van der Waals surface area (Å²) < 4.78 is 41.0. The van der Waals surface area contributed by atoms with Crippen LogP contribution in [0.1, 0.15) is 16.7 Å². The first-order chi connectivity index (χ1) is 12.4. The Morgan fingerprint density at radius 3 is 2.35 bits per heavy atom. The van der Waals surface area contributed by atoms with E-state index in [1.165, 1.54) is 12.1 Å². The Balaban J connectivity index is 1.92. The Labute approximate surface area is 152 Å². The Bertz CT molecular complexity index is 1090. The number of nitrogens with one attached hydrogen (secondary N) is 1. The Hall–Kier alpha value is -3.10. The van der Waals surface area contributed by atoms with Gasteiger partial charge in [-0.25, -0.2) is 12.8 Å². The molecule has 0 atom stereocenters. The molecule has 0 spiro atoms. The summed E-state index contributed by atoms with van der Waals surface area (Å²) in [5.41, 5.74) is 2.37. The molecule has 5 heteroatoms. The van der Waals surface area contributed by atoms with Crippen molar-refractivity contribution < 1.29 is 12.8 Å². The molecule has 1 N–H and O–H groups in total. The predicted molar refractivity (Wildman–Crippen MR) is 101 cm³/mol. The standard InChI is InChI=1S/C21H16FNO2S/c1-16-9-13-20(14-10-16)26(24,25)23-21-8-3-2-6-18(21)12-11-17-5-4-7-19(22)15-17/h2-10,13-15,23H,1H3. The van der Waals surface area contributed by atoms with Crippen molar-refractivity contribution in [2.45, 2.75) is 11.8 Å². The monoisotopic (exact) mass is 365 g/mol. The van der Waals surface area contributed by atoms with E-state index in [-0.39, 0.29) is 10.7 Å². The van der Waals surface area contributed by atoms with Crippen LogP contribution in [0.3, 0.4) is 0 Å². The van der Waals surface area contributed by atoms with Crippen LogP contribution in [0.15, 0.2) is 77.7 Å². The number of rotatable bonds is 3. The molecule has 0 saturated carbocycles. The van der Waals surface area contributed by atoms with E-state index in [0.29, 0.717) is 16.8 Å². The maximum absolute atomic E-state index is 13.3. The number of aryl methyl sites for hydroxylation is 1. The summed E-state index contributed by atoms with van der Waals surface area (Å²) in [6, 6.07) is 19.4. The van der Waals surface area contributed by atoms with Crippen molar-refractivity contribution in [3.63, 3.8) is 0 Å². The van der Waals surface area contributed by atoms with Crippen LogP contribution < -0.4 is 4.72 Å². The molecule has 0 aliphatic rings. The number of halogens is 1. The lowest BCUT2D eigenvalue weighted by Crippen LogP contribution is -2.13. The number of sulfonamides is 1. The molecule has 0 radical (unpaired) electrons. The van der Waals surface area contributed by atoms with Gasteiger partial charge in [-0.3, -0.25) is 4.72 Å². The van der Waals surface area contributed by atoms with Gasteiger partial charge in [0.25, 0.3) is 10.0 Å². The SMILES string of the molecule is Cc1ccc(S(=O)(=O)Nc2ccccc2C#Cc2cccc(F)c2)cc1. The first kappa shape index (κ1) is 17.7. The second kappa shape index (κ2) is 7.42. The van der Waals surface area contributed by atoms with Gasteiger partial charge in [0.15, 0.2) is 0 Å². The highest BCUT2D eigenvalue weighted by Crippen LogP contribution is 2.20. The number of hydrogen-bond donors (Lipinski definition) is 1. The lowest BCUT2D eigenvalue weighted by molar-refractivity contribution is 0.601. The number of benzene rings is 3. The predicted octanol–water partition coefficient (Wildman–Crippen LogP) is 4.33. The van der Waals surface area contributed by atoms with Crippen LogP contribution in [0.4, 0.5) is 10.1 Å². The normalized spacial score (nSPS) is 10.7. The summed E-state index contributed by atoms with van der Waals surface area (Å²) in [7, 11) is -3.72. The largest absolute Gasteiger partial charge is 0.278 e. The van der Waals surface area contributed by atoms with Crippen LogP contribution in [0.2, 0.25) is 0 Å². The molecule has 3 aromatic rings. The molecule has 0 amide bonds. The van der Waals surface area contributed by atoms with E-state index in [1.807, 2.05) is 6.92 Å². The third kappa shape index (κ3) is 4.29. The van der Waals surface area contributed by atoms with Crippen LogP contribution in [-0.2, 0) is 10.0 Å². The van der Waals surface area contributed by atoms with Gasteiger partial charge in [-0.1, -0.05) is 47.7 Å². The third-order valence-corrected chi connectivity index (χ3v) is 5.05. The molecule has 3 aromatic carbocycles. The first-order valence-electron chi connectivity index (χ1n) is 7.90. The molecule has 130 valence electrons. The van der Waals surface area contributed by atoms with Crippen molar-refractivity contribution >= 4 is 15.7 Å². The third-order valence-electron chi connectivity index (χ3n) is 3.67. The molecule has 3 nitrogen and oxygen atoms in total. The van der Waals surface area contributed by atoms with Gasteiger partial charge in [0, 0.05) is 11.1 Å². The van der Waals surface area contributed by atoms with Crippen LogP contribution in [0.5, 0.6) is 0 Å². The molecule has 3 rings (SSSR count). The fraction of sp³-hybridized carbons (Fsp3) is 0.0476. The summed E-state index contributed by atoms with van der Waals surface area (Å²) in [5.74, 6) is 5.38. The molecule has 0 heterocycles. The summed E-state index contributed by atoms with van der Waals surface area (Å²) in [6.45, 7) is 1.89. The van der Waals surface area contributed by atoms with E-state index >= 15 is 0 Å². The van der Waals surface area contributed by atoms with Gasteiger partial charge in [-0.15, -0.1) is 0 Å². The zero-order valence-electron chi connectivity index (χ0n) is 14.0. The van der Waals surface area contributed by atoms with Gasteiger partial charge in [0.1, 0.15) is 5.82 Å². The van der Waals surface area contributed by atoms with Gasteiger partial charge < -0.3 is 0 Å². The zero-order valence-corrected chi connectivity index (χ0v) is 14.8. The molecular formula is C21H16FNO2S. The average molecular weight is 365 g/mol. The van der Waals surface area contributed by atoms with Crippen molar-refractivity contribution in [2.24, 2.45) is 0 Å². The number of anilines is 1. The van der Waals surface area contributed by atoms with Gasteiger partial charge in [0.05, 0.1) is 10.6 Å². The maximum atomic E-state index is 13.3. The second-order valence-corrected chi connectivity index (χ2v) is 7.41. The molecule has 0 aromatic heterocycles. The Kier molecular flexibility index (Phi) is 5.06. The van der Waals surface area contributed by atoms with Crippen LogP contribution in [0.25, 0.3) is 0 Å². The van der Waals surface area contributed by atoms with Crippen molar-refractivity contribution in [1.29, 1.82) is 0 Å². The lowest BCUT2D eigenvalue weighted by atomic mass is 10.1. The first-order valence-corrected chi connectivity index (χ1v) is 9.38. The van der Waals surface area contributed by atoms with Crippen molar-refractivity contribution in [3.05, 3.63) is 95.3 Å². The molecule has 0 bridgehead atoms. The van der Waals surface area contributed by atoms with E-state index in [1.54, 1.807) is 60.7 Å². The Morgan fingerprint density at radius 2 is 1.62 bits per heavy atom. The maximum Gasteiger partial charge on any atom is 0.261 e. The van der Waals surface area contributed by atoms with Gasteiger partial charge in [0.2, 0.25) is 0 Å². The summed E-state index contributed by atoms with van der Waals surface area (Å²) in [5, 5.41) is 0. The van der Waals surface area contributed by atoms with Crippen LogP contribution >= 0.6 is 0 Å². The minimum atomic E-state index is -3.72. The summed E-state index contributed by atoms with van der Waals surface area (Å²) >= 11 is 0. The highest BCUT2D eigenvalue weighted by molar-refractivity contribution is 7.92. The molecule has 0 unspecified atom stereocenters. The van der Waals surface area contributed by atoms with Gasteiger partial charge in [-0.05, 0) is 49.4 Å². The van der Waals surface area contributed by atoms with Crippen LogP contribution in [0, 0.1) is 24.6 Å². The van der Waals surface area contributed by atoms with Crippen molar-refractivity contribution in [3.8, 4) is 11.8 Å². The topological polar surface area (TPSA) is 46.2 Å². The van der Waals surface area contributed by atoms with E-state index in [0.717, 1.165) is 5.56 Å². The molecule has 0 aliphatic carbocycles. The molecule has 0 fully saturated rings. The van der Waals surface area contributed by atoms with Crippen molar-refractivity contribution in [2.75, 3.05) is 4.72 Å². The van der Waals surface area contributed by atoms with E-state index in [4.69, 9.17) is 0 Å². The van der Waals surface area contributed by atoms with E-state index < -0.39 is 10.0 Å². The number of para-hydroxylation sites is 1. The Morgan fingerprint density at radius 1 is 0.885 bits per heavy atom. The second-order valence-electron chi connectivity index (χ2n) is 5.72. The molecular weight excluding hydrogens is 349 g/mol. The van der Waals surface area contributed by atoms with E-state index in [9.17, 15) is 12.8 Å². The minimum Gasteiger partial charge on any atom is -0.278 e. The quantitative estimate of drug-likeness (QED) is 0.702.